The second-order valence-electron chi connectivity index (χ2n) is 4.58. The van der Waals surface area contributed by atoms with Crippen LogP contribution >= 0.6 is 0 Å². The Morgan fingerprint density at radius 3 is 2.80 bits per heavy atom. The zero-order valence-corrected chi connectivity index (χ0v) is 10.6. The summed E-state index contributed by atoms with van der Waals surface area (Å²) >= 11 is 0. The maximum absolute atomic E-state index is 13.1. The minimum Gasteiger partial charge on any atom is -0.506 e. The van der Waals surface area contributed by atoms with Gasteiger partial charge in [-0.2, -0.15) is 0 Å². The monoisotopic (exact) mass is 270 g/mol. The quantitative estimate of drug-likeness (QED) is 0.714. The van der Waals surface area contributed by atoms with Gasteiger partial charge in [-0.1, -0.05) is 6.07 Å². The number of aryl methyl sites for hydroxylation is 1. The molecule has 0 fully saturated rings. The summed E-state index contributed by atoms with van der Waals surface area (Å²) in [7, 11) is 0. The standard InChI is InChI=1S/C15H11FN2O2/c1-8-4-10(16)2-3-11(8)9-5-12-14(13(19)6-9)17-7-18-15(12)20/h2-7,19H,1H3,(H,17,18,20). The third-order valence-corrected chi connectivity index (χ3v) is 3.22. The molecule has 0 unspecified atom stereocenters. The predicted molar refractivity (Wildman–Crippen MR) is 74.2 cm³/mol. The average molecular weight is 270 g/mol. The maximum atomic E-state index is 13.1. The van der Waals surface area contributed by atoms with E-state index in [4.69, 9.17) is 0 Å². The highest BCUT2D eigenvalue weighted by Crippen LogP contribution is 2.30. The Kier molecular flexibility index (Phi) is 2.75. The first kappa shape index (κ1) is 12.3. The van der Waals surface area contributed by atoms with E-state index in [-0.39, 0.29) is 22.6 Å². The van der Waals surface area contributed by atoms with Gasteiger partial charge in [-0.15, -0.1) is 0 Å². The Labute approximate surface area is 113 Å². The van der Waals surface area contributed by atoms with E-state index in [1.807, 2.05) is 0 Å². The topological polar surface area (TPSA) is 66.0 Å². The van der Waals surface area contributed by atoms with Gasteiger partial charge in [0.05, 0.1) is 11.7 Å². The Bertz CT molecular complexity index is 871. The van der Waals surface area contributed by atoms with Crippen LogP contribution in [-0.4, -0.2) is 15.1 Å². The number of halogens is 1. The minimum absolute atomic E-state index is 0.0766. The highest BCUT2D eigenvalue weighted by atomic mass is 19.1. The summed E-state index contributed by atoms with van der Waals surface area (Å²) in [5, 5.41) is 10.3. The van der Waals surface area contributed by atoms with E-state index >= 15 is 0 Å². The van der Waals surface area contributed by atoms with Crippen LogP contribution in [0.1, 0.15) is 5.56 Å². The van der Waals surface area contributed by atoms with E-state index in [9.17, 15) is 14.3 Å². The molecule has 2 aromatic carbocycles. The second-order valence-corrected chi connectivity index (χ2v) is 4.58. The fourth-order valence-electron chi connectivity index (χ4n) is 2.27. The summed E-state index contributed by atoms with van der Waals surface area (Å²) in [6, 6.07) is 7.53. The predicted octanol–water partition coefficient (Wildman–Crippen LogP) is 2.74. The van der Waals surface area contributed by atoms with Crippen LogP contribution in [-0.2, 0) is 0 Å². The number of fused-ring (bicyclic) bond motifs is 1. The number of aromatic nitrogens is 2. The van der Waals surface area contributed by atoms with Gasteiger partial charge in [0.1, 0.15) is 17.1 Å². The van der Waals surface area contributed by atoms with Gasteiger partial charge in [-0.05, 0) is 47.9 Å². The van der Waals surface area contributed by atoms with E-state index in [2.05, 4.69) is 9.97 Å². The van der Waals surface area contributed by atoms with Crippen molar-refractivity contribution in [1.82, 2.24) is 9.97 Å². The van der Waals surface area contributed by atoms with Crippen molar-refractivity contribution in [2.45, 2.75) is 6.92 Å². The van der Waals surface area contributed by atoms with Crippen molar-refractivity contribution in [3.63, 3.8) is 0 Å². The Hall–Kier alpha value is -2.69. The lowest BCUT2D eigenvalue weighted by molar-refractivity contribution is 0.480. The summed E-state index contributed by atoms with van der Waals surface area (Å²) in [4.78, 5) is 18.2. The van der Waals surface area contributed by atoms with Crippen molar-refractivity contribution in [2.24, 2.45) is 0 Å². The van der Waals surface area contributed by atoms with Crippen molar-refractivity contribution in [3.8, 4) is 16.9 Å². The van der Waals surface area contributed by atoms with E-state index in [0.717, 1.165) is 11.1 Å². The van der Waals surface area contributed by atoms with Gasteiger partial charge in [0, 0.05) is 0 Å². The minimum atomic E-state index is -0.327. The highest BCUT2D eigenvalue weighted by Gasteiger charge is 2.10. The lowest BCUT2D eigenvalue weighted by Gasteiger charge is -2.08. The molecule has 20 heavy (non-hydrogen) atoms. The number of hydrogen-bond donors (Lipinski definition) is 2. The molecule has 0 aliphatic carbocycles. The number of nitrogens with one attached hydrogen (secondary N) is 1. The molecule has 1 aromatic heterocycles. The SMILES string of the molecule is Cc1cc(F)ccc1-c1cc(O)c2nc[nH]c(=O)c2c1. The van der Waals surface area contributed by atoms with Gasteiger partial charge in [0.15, 0.2) is 0 Å². The van der Waals surface area contributed by atoms with Gasteiger partial charge in [0.25, 0.3) is 5.56 Å². The van der Waals surface area contributed by atoms with Gasteiger partial charge in [0.2, 0.25) is 0 Å². The number of rotatable bonds is 1. The van der Waals surface area contributed by atoms with E-state index in [1.165, 1.54) is 24.5 Å². The van der Waals surface area contributed by atoms with Crippen molar-refractivity contribution in [3.05, 3.63) is 58.4 Å². The molecule has 4 nitrogen and oxygen atoms in total. The summed E-state index contributed by atoms with van der Waals surface area (Å²) in [6.07, 6.45) is 1.24. The lowest BCUT2D eigenvalue weighted by Crippen LogP contribution is -2.06. The van der Waals surface area contributed by atoms with Gasteiger partial charge < -0.3 is 10.1 Å². The molecule has 2 N–H and O–H groups in total. The summed E-state index contributed by atoms with van der Waals surface area (Å²) in [6.45, 7) is 1.77. The number of hydrogen-bond acceptors (Lipinski definition) is 3. The van der Waals surface area contributed by atoms with Crippen LogP contribution in [0.25, 0.3) is 22.0 Å². The van der Waals surface area contributed by atoms with Crippen LogP contribution in [0.3, 0.4) is 0 Å². The second kappa shape index (κ2) is 4.45. The summed E-state index contributed by atoms with van der Waals surface area (Å²) in [5.41, 5.74) is 2.05. The van der Waals surface area contributed by atoms with E-state index < -0.39 is 0 Å². The first-order valence-electron chi connectivity index (χ1n) is 6.03. The van der Waals surface area contributed by atoms with Crippen LogP contribution in [0, 0.1) is 12.7 Å². The molecule has 1 heterocycles. The molecule has 3 rings (SSSR count). The number of phenols is 1. The number of aromatic amines is 1. The molecule has 0 spiro atoms. The Balaban J connectivity index is 2.32. The first-order chi connectivity index (χ1) is 9.56. The van der Waals surface area contributed by atoms with E-state index in [0.29, 0.717) is 10.9 Å². The third-order valence-electron chi connectivity index (χ3n) is 3.22. The molecule has 0 saturated heterocycles. The molecular weight excluding hydrogens is 259 g/mol. The number of nitrogens with zero attached hydrogens (tertiary/aromatic N) is 1. The van der Waals surface area contributed by atoms with Crippen LogP contribution in [0.4, 0.5) is 4.39 Å². The molecular formula is C15H11FN2O2. The summed E-state index contributed by atoms with van der Waals surface area (Å²) in [5.74, 6) is -0.400. The number of phenolic OH excluding ortho intramolecular Hbond substituents is 1. The Morgan fingerprint density at radius 2 is 2.05 bits per heavy atom. The Morgan fingerprint density at radius 1 is 1.25 bits per heavy atom. The number of aromatic hydroxyl groups is 1. The van der Waals surface area contributed by atoms with Crippen molar-refractivity contribution >= 4 is 10.9 Å². The van der Waals surface area contributed by atoms with Crippen LogP contribution < -0.4 is 5.56 Å². The average Bonchev–Trinajstić information content (AvgIpc) is 2.40. The molecule has 0 saturated carbocycles. The van der Waals surface area contributed by atoms with Crippen molar-refractivity contribution in [2.75, 3.05) is 0 Å². The van der Waals surface area contributed by atoms with E-state index in [1.54, 1.807) is 19.1 Å². The summed E-state index contributed by atoms with van der Waals surface area (Å²) < 4.78 is 13.1. The highest BCUT2D eigenvalue weighted by molar-refractivity contribution is 5.89. The lowest BCUT2D eigenvalue weighted by atomic mass is 9.99. The molecule has 3 aromatic rings. The van der Waals surface area contributed by atoms with Gasteiger partial charge >= 0.3 is 0 Å². The third kappa shape index (κ3) is 1.93. The normalized spacial score (nSPS) is 10.9. The van der Waals surface area contributed by atoms with Crippen molar-refractivity contribution < 1.29 is 9.50 Å². The van der Waals surface area contributed by atoms with Crippen LogP contribution in [0.2, 0.25) is 0 Å². The number of benzene rings is 2. The molecule has 0 bridgehead atoms. The maximum Gasteiger partial charge on any atom is 0.258 e. The van der Waals surface area contributed by atoms with Crippen molar-refractivity contribution in [1.29, 1.82) is 0 Å². The largest absolute Gasteiger partial charge is 0.506 e. The molecule has 0 aliphatic heterocycles. The molecule has 0 amide bonds. The first-order valence-corrected chi connectivity index (χ1v) is 6.03. The number of H-pyrrole nitrogens is 1. The zero-order valence-electron chi connectivity index (χ0n) is 10.6. The van der Waals surface area contributed by atoms with Gasteiger partial charge in [-0.25, -0.2) is 9.37 Å². The molecule has 0 radical (unpaired) electrons. The molecule has 5 heteroatoms. The fourth-order valence-corrected chi connectivity index (χ4v) is 2.27. The van der Waals surface area contributed by atoms with Gasteiger partial charge in [-0.3, -0.25) is 4.79 Å². The smallest absolute Gasteiger partial charge is 0.258 e. The fraction of sp³-hybridized carbons (Fsp3) is 0.0667. The zero-order chi connectivity index (χ0) is 14.3. The molecule has 0 aliphatic rings. The molecule has 100 valence electrons. The molecule has 0 atom stereocenters. The van der Waals surface area contributed by atoms with Crippen LogP contribution in [0.15, 0.2) is 41.5 Å². The van der Waals surface area contributed by atoms with Crippen LogP contribution in [0.5, 0.6) is 5.75 Å².